The molecule has 32 heavy (non-hydrogen) atoms. The molecule has 0 fully saturated rings. The van der Waals surface area contributed by atoms with Crippen LogP contribution in [0, 0.1) is 0 Å². The number of benzene rings is 2. The number of hydrogen-bond donors (Lipinski definition) is 1. The van der Waals surface area contributed by atoms with Gasteiger partial charge in [0.1, 0.15) is 5.75 Å². The predicted molar refractivity (Wildman–Crippen MR) is 135 cm³/mol. The number of carbonyl (C=O) groups is 1. The first kappa shape index (κ1) is 24.0. The van der Waals surface area contributed by atoms with Crippen LogP contribution >= 0.6 is 23.1 Å². The van der Waals surface area contributed by atoms with E-state index in [-0.39, 0.29) is 5.91 Å². The van der Waals surface area contributed by atoms with E-state index in [2.05, 4.69) is 46.7 Å². The second kappa shape index (κ2) is 13.7. The fourth-order valence-corrected chi connectivity index (χ4v) is 4.54. The van der Waals surface area contributed by atoms with Crippen molar-refractivity contribution in [2.45, 2.75) is 43.4 Å². The van der Waals surface area contributed by atoms with Gasteiger partial charge in [-0.1, -0.05) is 98.2 Å². The molecule has 3 aromatic rings. The Morgan fingerprint density at radius 2 is 1.81 bits per heavy atom. The quantitative estimate of drug-likeness (QED) is 0.167. The largest absolute Gasteiger partial charge is 0.494 e. The first-order valence-electron chi connectivity index (χ1n) is 11.0. The van der Waals surface area contributed by atoms with Crippen molar-refractivity contribution in [2.75, 3.05) is 17.7 Å². The summed E-state index contributed by atoms with van der Waals surface area (Å²) < 4.78 is 6.58. The van der Waals surface area contributed by atoms with E-state index in [0.29, 0.717) is 17.3 Å². The van der Waals surface area contributed by atoms with Crippen LogP contribution in [-0.4, -0.2) is 28.5 Å². The molecular formula is C25H29N3O2S2. The molecule has 3 rings (SSSR count). The fourth-order valence-electron chi connectivity index (χ4n) is 2.95. The second-order valence-electron chi connectivity index (χ2n) is 7.24. The van der Waals surface area contributed by atoms with Gasteiger partial charge < -0.3 is 4.74 Å². The SMILES string of the molecule is CCCCCCCOc1ccc(C(=O)Nc2nnc(SC/C=C/c3ccccc3)s2)cc1. The number of rotatable bonds is 13. The zero-order valence-corrected chi connectivity index (χ0v) is 20.0. The summed E-state index contributed by atoms with van der Waals surface area (Å²) in [6, 6.07) is 17.4. The number of ether oxygens (including phenoxy) is 1. The minimum Gasteiger partial charge on any atom is -0.494 e. The Hall–Kier alpha value is -2.64. The first-order chi connectivity index (χ1) is 15.7. The molecule has 1 heterocycles. The van der Waals surface area contributed by atoms with Crippen molar-refractivity contribution in [3.05, 3.63) is 71.8 Å². The lowest BCUT2D eigenvalue weighted by atomic mass is 10.2. The summed E-state index contributed by atoms with van der Waals surface area (Å²) in [5.41, 5.74) is 1.73. The van der Waals surface area contributed by atoms with Gasteiger partial charge in [0.2, 0.25) is 5.13 Å². The van der Waals surface area contributed by atoms with Crippen LogP contribution < -0.4 is 10.1 Å². The Balaban J connectivity index is 1.40. The number of amides is 1. The molecule has 0 aliphatic heterocycles. The highest BCUT2D eigenvalue weighted by atomic mass is 32.2. The molecule has 1 aromatic heterocycles. The van der Waals surface area contributed by atoms with Crippen molar-refractivity contribution in [3.63, 3.8) is 0 Å². The van der Waals surface area contributed by atoms with Gasteiger partial charge in [-0.05, 0) is 36.2 Å². The molecule has 0 aliphatic carbocycles. The van der Waals surface area contributed by atoms with Crippen LogP contribution in [0.25, 0.3) is 6.08 Å². The minimum atomic E-state index is -0.201. The van der Waals surface area contributed by atoms with Crippen LogP contribution in [0.2, 0.25) is 0 Å². The highest BCUT2D eigenvalue weighted by Gasteiger charge is 2.10. The number of hydrogen-bond acceptors (Lipinski definition) is 6. The van der Waals surface area contributed by atoms with Crippen molar-refractivity contribution in [3.8, 4) is 5.75 Å². The summed E-state index contributed by atoms with van der Waals surface area (Å²) in [6.07, 6.45) is 10.2. The van der Waals surface area contributed by atoms with Crippen molar-refractivity contribution >= 4 is 40.2 Å². The number of nitrogens with zero attached hydrogens (tertiary/aromatic N) is 2. The number of nitrogens with one attached hydrogen (secondary N) is 1. The Labute approximate surface area is 198 Å². The van der Waals surface area contributed by atoms with Gasteiger partial charge in [-0.2, -0.15) is 0 Å². The van der Waals surface area contributed by atoms with E-state index in [9.17, 15) is 4.79 Å². The van der Waals surface area contributed by atoms with E-state index < -0.39 is 0 Å². The maximum absolute atomic E-state index is 12.5. The average Bonchev–Trinajstić information content (AvgIpc) is 3.27. The highest BCUT2D eigenvalue weighted by Crippen LogP contribution is 2.26. The summed E-state index contributed by atoms with van der Waals surface area (Å²) >= 11 is 2.96. The maximum atomic E-state index is 12.5. The van der Waals surface area contributed by atoms with Crippen LogP contribution in [0.4, 0.5) is 5.13 Å². The van der Waals surface area contributed by atoms with E-state index in [1.54, 1.807) is 23.9 Å². The van der Waals surface area contributed by atoms with Crippen molar-refractivity contribution in [1.82, 2.24) is 10.2 Å². The van der Waals surface area contributed by atoms with E-state index in [0.717, 1.165) is 22.3 Å². The Bertz CT molecular complexity index is 972. The normalized spacial score (nSPS) is 11.0. The molecule has 0 radical (unpaired) electrons. The second-order valence-corrected chi connectivity index (χ2v) is 9.48. The lowest BCUT2D eigenvalue weighted by Gasteiger charge is -2.07. The average molecular weight is 468 g/mol. The first-order valence-corrected chi connectivity index (χ1v) is 12.8. The lowest BCUT2D eigenvalue weighted by Crippen LogP contribution is -2.11. The number of carbonyl (C=O) groups excluding carboxylic acids is 1. The smallest absolute Gasteiger partial charge is 0.257 e. The van der Waals surface area contributed by atoms with Gasteiger partial charge in [-0.25, -0.2) is 0 Å². The molecule has 0 bridgehead atoms. The van der Waals surface area contributed by atoms with Crippen molar-refractivity contribution in [1.29, 1.82) is 0 Å². The van der Waals surface area contributed by atoms with Crippen LogP contribution in [0.15, 0.2) is 65.0 Å². The molecule has 5 nitrogen and oxygen atoms in total. The Morgan fingerprint density at radius 1 is 1.03 bits per heavy atom. The van der Waals surface area contributed by atoms with Crippen molar-refractivity contribution < 1.29 is 9.53 Å². The fraction of sp³-hybridized carbons (Fsp3) is 0.320. The molecule has 7 heteroatoms. The molecule has 1 N–H and O–H groups in total. The van der Waals surface area contributed by atoms with Crippen LogP contribution in [0.1, 0.15) is 54.9 Å². The van der Waals surface area contributed by atoms with Gasteiger partial charge in [0.05, 0.1) is 6.61 Å². The van der Waals surface area contributed by atoms with Crippen LogP contribution in [0.3, 0.4) is 0 Å². The molecular weight excluding hydrogens is 438 g/mol. The maximum Gasteiger partial charge on any atom is 0.257 e. The third-order valence-electron chi connectivity index (χ3n) is 4.67. The molecule has 2 aromatic carbocycles. The van der Waals surface area contributed by atoms with Gasteiger partial charge in [0.15, 0.2) is 4.34 Å². The lowest BCUT2D eigenvalue weighted by molar-refractivity contribution is 0.102. The summed E-state index contributed by atoms with van der Waals surface area (Å²) in [7, 11) is 0. The number of thioether (sulfide) groups is 1. The minimum absolute atomic E-state index is 0.201. The zero-order chi connectivity index (χ0) is 22.4. The van der Waals surface area contributed by atoms with Gasteiger partial charge in [0.25, 0.3) is 5.91 Å². The number of anilines is 1. The van der Waals surface area contributed by atoms with Crippen LogP contribution in [-0.2, 0) is 0 Å². The topological polar surface area (TPSA) is 64.1 Å². The van der Waals surface area contributed by atoms with Crippen molar-refractivity contribution in [2.24, 2.45) is 0 Å². The van der Waals surface area contributed by atoms with Crippen LogP contribution in [0.5, 0.6) is 5.75 Å². The highest BCUT2D eigenvalue weighted by molar-refractivity contribution is 8.01. The van der Waals surface area contributed by atoms with Gasteiger partial charge in [-0.15, -0.1) is 10.2 Å². The summed E-state index contributed by atoms with van der Waals surface area (Å²) in [5, 5.41) is 11.5. The molecule has 0 saturated carbocycles. The summed E-state index contributed by atoms with van der Waals surface area (Å²) in [5.74, 6) is 1.38. The molecule has 0 spiro atoms. The third-order valence-corrected chi connectivity index (χ3v) is 6.60. The van der Waals surface area contributed by atoms with Gasteiger partial charge in [0, 0.05) is 11.3 Å². The Morgan fingerprint density at radius 3 is 2.59 bits per heavy atom. The van der Waals surface area contributed by atoms with E-state index in [4.69, 9.17) is 4.74 Å². The monoisotopic (exact) mass is 467 g/mol. The molecule has 0 aliphatic rings. The summed E-state index contributed by atoms with van der Waals surface area (Å²) in [4.78, 5) is 12.5. The van der Waals surface area contributed by atoms with E-state index >= 15 is 0 Å². The third kappa shape index (κ3) is 8.48. The molecule has 0 unspecified atom stereocenters. The van der Waals surface area contributed by atoms with Gasteiger partial charge in [-0.3, -0.25) is 10.1 Å². The van der Waals surface area contributed by atoms with E-state index in [1.165, 1.54) is 42.6 Å². The zero-order valence-electron chi connectivity index (χ0n) is 18.3. The molecule has 0 saturated heterocycles. The predicted octanol–water partition coefficient (Wildman–Crippen LogP) is 6.95. The number of aromatic nitrogens is 2. The van der Waals surface area contributed by atoms with Gasteiger partial charge >= 0.3 is 0 Å². The van der Waals surface area contributed by atoms with E-state index in [1.807, 2.05) is 30.3 Å². The molecule has 0 atom stereocenters. The Kier molecular flexibility index (Phi) is 10.3. The molecule has 168 valence electrons. The standard InChI is InChI=1S/C25H29N3O2S2/c1-2-3-4-5-9-18-30-22-16-14-21(15-17-22)23(29)26-24-27-28-25(32-24)31-19-10-13-20-11-7-6-8-12-20/h6-8,10-17H,2-5,9,18-19H2,1H3,(H,26,27,29)/b13-10+. The number of unbranched alkanes of at least 4 members (excludes halogenated alkanes) is 4. The summed E-state index contributed by atoms with van der Waals surface area (Å²) in [6.45, 7) is 2.92. The molecule has 1 amide bonds.